The lowest BCUT2D eigenvalue weighted by Gasteiger charge is -2.11. The maximum atomic E-state index is 5.44. The van der Waals surface area contributed by atoms with Gasteiger partial charge in [0.2, 0.25) is 0 Å². The molecule has 0 fully saturated rings. The second-order valence-corrected chi connectivity index (χ2v) is 5.38. The average Bonchev–Trinajstić information content (AvgIpc) is 2.86. The molecule has 3 rings (SSSR count). The number of hydrogen-bond acceptors (Lipinski definition) is 4. The highest BCUT2D eigenvalue weighted by Crippen LogP contribution is 2.28. The molecule has 0 radical (unpaired) electrons. The number of hydrogen-bond donors (Lipinski definition) is 1. The van der Waals surface area contributed by atoms with E-state index >= 15 is 0 Å². The van der Waals surface area contributed by atoms with Gasteiger partial charge in [0.25, 0.3) is 0 Å². The van der Waals surface area contributed by atoms with Gasteiger partial charge in [-0.2, -0.15) is 0 Å². The fourth-order valence-corrected chi connectivity index (χ4v) is 2.74. The first-order valence-corrected chi connectivity index (χ1v) is 7.37. The number of aryl methyl sites for hydroxylation is 2. The summed E-state index contributed by atoms with van der Waals surface area (Å²) in [5.74, 6) is 1.79. The van der Waals surface area contributed by atoms with Crippen LogP contribution in [0.1, 0.15) is 22.6 Å². The number of ether oxygens (including phenoxy) is 1. The topological polar surface area (TPSA) is 47.3 Å². The molecule has 0 amide bonds. The van der Waals surface area contributed by atoms with Gasteiger partial charge >= 0.3 is 0 Å². The zero-order valence-corrected chi connectivity index (χ0v) is 13.1. The number of benzene rings is 2. The molecule has 4 nitrogen and oxygen atoms in total. The van der Waals surface area contributed by atoms with E-state index in [0.29, 0.717) is 0 Å². The molecule has 0 saturated heterocycles. The lowest BCUT2D eigenvalue weighted by atomic mass is 10.0. The van der Waals surface area contributed by atoms with Crippen LogP contribution in [-0.4, -0.2) is 12.3 Å². The predicted octanol–water partition coefficient (Wildman–Crippen LogP) is 3.74. The van der Waals surface area contributed by atoms with Crippen LogP contribution < -0.4 is 10.1 Å². The smallest absolute Gasteiger partial charge is 0.138 e. The van der Waals surface area contributed by atoms with Gasteiger partial charge in [0.05, 0.1) is 12.8 Å². The van der Waals surface area contributed by atoms with Crippen molar-refractivity contribution in [3.8, 4) is 5.75 Å². The molecule has 0 aliphatic heterocycles. The van der Waals surface area contributed by atoms with Crippen molar-refractivity contribution in [1.29, 1.82) is 0 Å². The highest BCUT2D eigenvalue weighted by Gasteiger charge is 2.09. The standard InChI is InChI=1S/C18H20N2O2/c1-12-17(13(2)22-20-12)11-19-10-14-8-9-18(21-3)16-7-5-4-6-15(14)16/h4-9,19H,10-11H2,1-3H3. The number of nitrogens with zero attached hydrogens (tertiary/aromatic N) is 1. The Morgan fingerprint density at radius 2 is 1.82 bits per heavy atom. The van der Waals surface area contributed by atoms with E-state index in [-0.39, 0.29) is 0 Å². The second kappa shape index (κ2) is 6.20. The van der Waals surface area contributed by atoms with Crippen LogP contribution in [0.3, 0.4) is 0 Å². The van der Waals surface area contributed by atoms with Gasteiger partial charge in [-0.3, -0.25) is 0 Å². The summed E-state index contributed by atoms with van der Waals surface area (Å²) in [4.78, 5) is 0. The van der Waals surface area contributed by atoms with Gasteiger partial charge in [-0.05, 0) is 30.9 Å². The molecule has 0 bridgehead atoms. The Hall–Kier alpha value is -2.33. The van der Waals surface area contributed by atoms with Gasteiger partial charge in [0.15, 0.2) is 0 Å². The fraction of sp³-hybridized carbons (Fsp3) is 0.278. The highest BCUT2D eigenvalue weighted by atomic mass is 16.5. The van der Waals surface area contributed by atoms with Gasteiger partial charge in [0, 0.05) is 24.0 Å². The van der Waals surface area contributed by atoms with Crippen molar-refractivity contribution in [2.45, 2.75) is 26.9 Å². The third-order valence-electron chi connectivity index (χ3n) is 3.99. The zero-order chi connectivity index (χ0) is 15.5. The molecule has 3 aromatic rings. The summed E-state index contributed by atoms with van der Waals surface area (Å²) >= 11 is 0. The Kier molecular flexibility index (Phi) is 4.11. The van der Waals surface area contributed by atoms with Crippen LogP contribution in [0, 0.1) is 13.8 Å². The van der Waals surface area contributed by atoms with Crippen LogP contribution in [0.4, 0.5) is 0 Å². The normalized spacial score (nSPS) is 11.0. The minimum Gasteiger partial charge on any atom is -0.496 e. The molecule has 0 unspecified atom stereocenters. The first kappa shape index (κ1) is 14.6. The second-order valence-electron chi connectivity index (χ2n) is 5.38. The van der Waals surface area contributed by atoms with Crippen LogP contribution in [-0.2, 0) is 13.1 Å². The lowest BCUT2D eigenvalue weighted by Crippen LogP contribution is -2.14. The van der Waals surface area contributed by atoms with Crippen LogP contribution >= 0.6 is 0 Å². The molecule has 0 saturated carbocycles. The van der Waals surface area contributed by atoms with E-state index in [2.05, 4.69) is 34.7 Å². The Labute approximate surface area is 130 Å². The molecular formula is C18H20N2O2. The molecular weight excluding hydrogens is 276 g/mol. The van der Waals surface area contributed by atoms with Crippen LogP contribution in [0.25, 0.3) is 10.8 Å². The third-order valence-corrected chi connectivity index (χ3v) is 3.99. The van der Waals surface area contributed by atoms with Gasteiger partial charge in [-0.15, -0.1) is 0 Å². The molecule has 114 valence electrons. The van der Waals surface area contributed by atoms with Gasteiger partial charge in [0.1, 0.15) is 11.5 Å². The molecule has 1 N–H and O–H groups in total. The van der Waals surface area contributed by atoms with Crippen molar-refractivity contribution in [1.82, 2.24) is 10.5 Å². The largest absolute Gasteiger partial charge is 0.496 e. The van der Waals surface area contributed by atoms with Crippen molar-refractivity contribution in [3.63, 3.8) is 0 Å². The van der Waals surface area contributed by atoms with Crippen molar-refractivity contribution in [2.24, 2.45) is 0 Å². The van der Waals surface area contributed by atoms with Crippen LogP contribution in [0.5, 0.6) is 5.75 Å². The molecule has 1 heterocycles. The Balaban J connectivity index is 1.80. The van der Waals surface area contributed by atoms with Crippen molar-refractivity contribution in [3.05, 3.63) is 59.0 Å². The van der Waals surface area contributed by atoms with E-state index in [4.69, 9.17) is 9.26 Å². The predicted molar refractivity (Wildman–Crippen MR) is 87.0 cm³/mol. The van der Waals surface area contributed by atoms with E-state index in [1.165, 1.54) is 10.9 Å². The van der Waals surface area contributed by atoms with E-state index in [9.17, 15) is 0 Å². The number of methoxy groups -OCH3 is 1. The third kappa shape index (κ3) is 2.70. The summed E-state index contributed by atoms with van der Waals surface area (Å²) in [5.41, 5.74) is 3.34. The number of nitrogens with one attached hydrogen (secondary N) is 1. The summed E-state index contributed by atoms with van der Waals surface area (Å²) in [6.45, 7) is 5.45. The fourth-order valence-electron chi connectivity index (χ4n) is 2.74. The summed E-state index contributed by atoms with van der Waals surface area (Å²) in [5, 5.41) is 9.81. The lowest BCUT2D eigenvalue weighted by molar-refractivity contribution is 0.392. The molecule has 0 atom stereocenters. The maximum Gasteiger partial charge on any atom is 0.138 e. The summed E-state index contributed by atoms with van der Waals surface area (Å²) in [6, 6.07) is 12.4. The number of aromatic nitrogens is 1. The zero-order valence-electron chi connectivity index (χ0n) is 13.1. The number of fused-ring (bicyclic) bond motifs is 1. The van der Waals surface area contributed by atoms with E-state index in [0.717, 1.165) is 41.2 Å². The Bertz CT molecular complexity index is 773. The first-order chi connectivity index (χ1) is 10.7. The highest BCUT2D eigenvalue weighted by molar-refractivity contribution is 5.91. The average molecular weight is 296 g/mol. The Morgan fingerprint density at radius 3 is 2.50 bits per heavy atom. The van der Waals surface area contributed by atoms with Gasteiger partial charge in [-0.1, -0.05) is 35.5 Å². The van der Waals surface area contributed by atoms with Crippen LogP contribution in [0.15, 0.2) is 40.9 Å². The molecule has 2 aromatic carbocycles. The molecule has 0 aliphatic rings. The molecule has 1 aromatic heterocycles. The van der Waals surface area contributed by atoms with Crippen molar-refractivity contribution >= 4 is 10.8 Å². The Morgan fingerprint density at radius 1 is 1.05 bits per heavy atom. The van der Waals surface area contributed by atoms with E-state index in [1.807, 2.05) is 26.0 Å². The monoisotopic (exact) mass is 296 g/mol. The molecule has 0 spiro atoms. The molecule has 4 heteroatoms. The molecule has 0 aliphatic carbocycles. The summed E-state index contributed by atoms with van der Waals surface area (Å²) < 4.78 is 10.6. The van der Waals surface area contributed by atoms with Crippen molar-refractivity contribution in [2.75, 3.05) is 7.11 Å². The van der Waals surface area contributed by atoms with E-state index in [1.54, 1.807) is 7.11 Å². The van der Waals surface area contributed by atoms with Crippen molar-refractivity contribution < 1.29 is 9.26 Å². The minimum absolute atomic E-state index is 0.752. The summed E-state index contributed by atoms with van der Waals surface area (Å²) in [6.07, 6.45) is 0. The molecule has 22 heavy (non-hydrogen) atoms. The van der Waals surface area contributed by atoms with Gasteiger partial charge in [-0.25, -0.2) is 0 Å². The summed E-state index contributed by atoms with van der Waals surface area (Å²) in [7, 11) is 1.71. The SMILES string of the molecule is COc1ccc(CNCc2c(C)noc2C)c2ccccc12. The van der Waals surface area contributed by atoms with E-state index < -0.39 is 0 Å². The first-order valence-electron chi connectivity index (χ1n) is 7.37. The quantitative estimate of drug-likeness (QED) is 0.779. The van der Waals surface area contributed by atoms with Gasteiger partial charge < -0.3 is 14.6 Å². The number of rotatable bonds is 5. The minimum atomic E-state index is 0.752. The van der Waals surface area contributed by atoms with Crippen LogP contribution in [0.2, 0.25) is 0 Å². The maximum absolute atomic E-state index is 5.44.